The lowest BCUT2D eigenvalue weighted by Crippen LogP contribution is -2.47. The lowest BCUT2D eigenvalue weighted by atomic mass is 10.1. The van der Waals surface area contributed by atoms with Crippen LogP contribution >= 0.6 is 24.0 Å². The fourth-order valence-corrected chi connectivity index (χ4v) is 4.13. The number of nitrogens with zero attached hydrogens (tertiary/aromatic N) is 2. The summed E-state index contributed by atoms with van der Waals surface area (Å²) in [5, 5.41) is 2.58. The van der Waals surface area contributed by atoms with Gasteiger partial charge in [0.25, 0.3) is 11.8 Å². The molecule has 0 unspecified atom stereocenters. The van der Waals surface area contributed by atoms with Crippen LogP contribution in [0.25, 0.3) is 17.4 Å². The van der Waals surface area contributed by atoms with Crippen LogP contribution in [0.2, 0.25) is 0 Å². The maximum absolute atomic E-state index is 12.6. The lowest BCUT2D eigenvalue weighted by Gasteiger charge is -2.32. The molecule has 2 aromatic rings. The van der Waals surface area contributed by atoms with E-state index in [4.69, 9.17) is 16.6 Å². The number of thioether (sulfide) groups is 1. The number of hydrogen-bond acceptors (Lipinski definition) is 6. The second kappa shape index (κ2) is 7.90. The van der Waals surface area contributed by atoms with Crippen LogP contribution in [0.5, 0.6) is 0 Å². The van der Waals surface area contributed by atoms with Gasteiger partial charge in [-0.15, -0.1) is 0 Å². The van der Waals surface area contributed by atoms with E-state index in [1.165, 1.54) is 11.8 Å². The molecule has 144 valence electrons. The molecule has 4 rings (SSSR count). The SMILES string of the molecule is CN1CCN(C(=O)c2ccc(-c3ccc(/C=C4\SC(=S)NC4=O)o3)cc2)CC1. The quantitative estimate of drug-likeness (QED) is 0.617. The molecule has 0 spiro atoms. The highest BCUT2D eigenvalue weighted by Gasteiger charge is 2.23. The average Bonchev–Trinajstić information content (AvgIpc) is 3.28. The molecule has 28 heavy (non-hydrogen) atoms. The van der Waals surface area contributed by atoms with Crippen molar-refractivity contribution in [2.24, 2.45) is 0 Å². The molecule has 0 radical (unpaired) electrons. The van der Waals surface area contributed by atoms with E-state index in [9.17, 15) is 9.59 Å². The van der Waals surface area contributed by atoms with Crippen molar-refractivity contribution in [2.75, 3.05) is 33.2 Å². The predicted molar refractivity (Wildman–Crippen MR) is 114 cm³/mol. The number of likely N-dealkylation sites (N-methyl/N-ethyl adjacent to an activating group) is 1. The first-order valence-corrected chi connectivity index (χ1v) is 10.1. The van der Waals surface area contributed by atoms with Gasteiger partial charge in [0.15, 0.2) is 0 Å². The monoisotopic (exact) mass is 413 g/mol. The maximum Gasteiger partial charge on any atom is 0.263 e. The molecule has 2 aliphatic heterocycles. The fourth-order valence-electron chi connectivity index (χ4n) is 3.10. The summed E-state index contributed by atoms with van der Waals surface area (Å²) in [6.07, 6.45) is 1.67. The number of furan rings is 1. The van der Waals surface area contributed by atoms with Gasteiger partial charge in [0.05, 0.1) is 4.91 Å². The summed E-state index contributed by atoms with van der Waals surface area (Å²) in [6, 6.07) is 11.1. The van der Waals surface area contributed by atoms with Gasteiger partial charge in [0, 0.05) is 43.4 Å². The Morgan fingerprint density at radius 1 is 1.14 bits per heavy atom. The van der Waals surface area contributed by atoms with Crippen molar-refractivity contribution in [1.29, 1.82) is 0 Å². The molecule has 2 amide bonds. The number of carbonyl (C=O) groups excluding carboxylic acids is 2. The van der Waals surface area contributed by atoms with Gasteiger partial charge >= 0.3 is 0 Å². The third kappa shape index (κ3) is 4.04. The van der Waals surface area contributed by atoms with E-state index in [0.29, 0.717) is 26.3 Å². The van der Waals surface area contributed by atoms with Gasteiger partial charge < -0.3 is 19.5 Å². The lowest BCUT2D eigenvalue weighted by molar-refractivity contribution is -0.115. The molecule has 0 atom stereocenters. The average molecular weight is 414 g/mol. The minimum absolute atomic E-state index is 0.0600. The largest absolute Gasteiger partial charge is 0.457 e. The summed E-state index contributed by atoms with van der Waals surface area (Å²) in [7, 11) is 2.07. The molecule has 2 aliphatic rings. The van der Waals surface area contributed by atoms with E-state index >= 15 is 0 Å². The van der Waals surface area contributed by atoms with Crippen LogP contribution < -0.4 is 5.32 Å². The van der Waals surface area contributed by atoms with Crippen LogP contribution in [0.1, 0.15) is 16.1 Å². The van der Waals surface area contributed by atoms with Gasteiger partial charge in [0.2, 0.25) is 0 Å². The normalized spacial score (nSPS) is 19.3. The summed E-state index contributed by atoms with van der Waals surface area (Å²) in [6.45, 7) is 3.30. The van der Waals surface area contributed by atoms with Crippen molar-refractivity contribution in [3.05, 3.63) is 52.6 Å². The van der Waals surface area contributed by atoms with E-state index in [2.05, 4.69) is 17.3 Å². The van der Waals surface area contributed by atoms with Crippen molar-refractivity contribution < 1.29 is 14.0 Å². The van der Waals surface area contributed by atoms with Gasteiger partial charge in [-0.25, -0.2) is 0 Å². The number of nitrogens with one attached hydrogen (secondary N) is 1. The minimum Gasteiger partial charge on any atom is -0.457 e. The predicted octanol–water partition coefficient (Wildman–Crippen LogP) is 2.82. The molecule has 0 bridgehead atoms. The third-order valence-corrected chi connectivity index (χ3v) is 5.91. The standard InChI is InChI=1S/C20H19N3O3S2/c1-22-8-10-23(11-9-22)19(25)14-4-2-13(3-5-14)16-7-6-15(26-16)12-17-18(24)21-20(27)28-17/h2-7,12H,8-11H2,1H3,(H,21,24,27)/b17-12-. The Morgan fingerprint density at radius 3 is 2.50 bits per heavy atom. The minimum atomic E-state index is -0.209. The Balaban J connectivity index is 1.47. The van der Waals surface area contributed by atoms with Gasteiger partial charge in [-0.1, -0.05) is 36.1 Å². The number of carbonyl (C=O) groups is 2. The van der Waals surface area contributed by atoms with Crippen LogP contribution in [0.4, 0.5) is 0 Å². The molecule has 1 aromatic carbocycles. The second-order valence-electron chi connectivity index (χ2n) is 6.73. The van der Waals surface area contributed by atoms with Crippen LogP contribution in [-0.2, 0) is 4.79 Å². The van der Waals surface area contributed by atoms with Gasteiger partial charge in [0.1, 0.15) is 15.8 Å². The van der Waals surface area contributed by atoms with Crippen molar-refractivity contribution in [2.45, 2.75) is 0 Å². The smallest absolute Gasteiger partial charge is 0.263 e. The third-order valence-electron chi connectivity index (χ3n) is 4.75. The Bertz CT molecular complexity index is 957. The molecule has 1 aromatic heterocycles. The topological polar surface area (TPSA) is 65.8 Å². The van der Waals surface area contributed by atoms with Crippen LogP contribution in [0.3, 0.4) is 0 Å². The van der Waals surface area contributed by atoms with Gasteiger partial charge in [-0.2, -0.15) is 0 Å². The van der Waals surface area contributed by atoms with E-state index in [0.717, 1.165) is 31.7 Å². The molecule has 1 N–H and O–H groups in total. The maximum atomic E-state index is 12.6. The summed E-state index contributed by atoms with van der Waals surface area (Å²) >= 11 is 6.20. The summed E-state index contributed by atoms with van der Waals surface area (Å²) in [4.78, 5) is 29.0. The Labute approximate surface area is 172 Å². The van der Waals surface area contributed by atoms with Crippen LogP contribution in [0.15, 0.2) is 45.7 Å². The highest BCUT2D eigenvalue weighted by Crippen LogP contribution is 2.29. The first kappa shape index (κ1) is 18.9. The molecule has 2 saturated heterocycles. The number of hydrogen-bond donors (Lipinski definition) is 1. The summed E-state index contributed by atoms with van der Waals surface area (Å²) in [5.74, 6) is 1.11. The number of benzene rings is 1. The zero-order valence-corrected chi connectivity index (χ0v) is 16.9. The number of piperazine rings is 1. The summed E-state index contributed by atoms with van der Waals surface area (Å²) in [5.41, 5.74) is 1.55. The van der Waals surface area contributed by atoms with Crippen molar-refractivity contribution in [3.63, 3.8) is 0 Å². The highest BCUT2D eigenvalue weighted by atomic mass is 32.2. The fraction of sp³-hybridized carbons (Fsp3) is 0.250. The molecule has 8 heteroatoms. The van der Waals surface area contributed by atoms with Crippen LogP contribution in [0, 0.1) is 0 Å². The molecule has 0 saturated carbocycles. The van der Waals surface area contributed by atoms with Gasteiger partial charge in [-0.3, -0.25) is 9.59 Å². The Morgan fingerprint density at radius 2 is 1.86 bits per heavy atom. The first-order chi connectivity index (χ1) is 13.5. The molecule has 2 fully saturated rings. The molecule has 0 aliphatic carbocycles. The summed E-state index contributed by atoms with van der Waals surface area (Å²) < 4.78 is 6.28. The number of rotatable bonds is 3. The van der Waals surface area contributed by atoms with Crippen molar-refractivity contribution in [3.8, 4) is 11.3 Å². The van der Waals surface area contributed by atoms with E-state index in [1.54, 1.807) is 12.1 Å². The second-order valence-corrected chi connectivity index (χ2v) is 8.45. The molecule has 3 heterocycles. The van der Waals surface area contributed by atoms with E-state index in [-0.39, 0.29) is 11.8 Å². The highest BCUT2D eigenvalue weighted by molar-refractivity contribution is 8.26. The Kier molecular flexibility index (Phi) is 5.34. The zero-order chi connectivity index (χ0) is 19.7. The van der Waals surface area contributed by atoms with Crippen molar-refractivity contribution >= 4 is 46.2 Å². The zero-order valence-electron chi connectivity index (χ0n) is 15.3. The van der Waals surface area contributed by atoms with E-state index < -0.39 is 0 Å². The van der Waals surface area contributed by atoms with Gasteiger partial charge in [-0.05, 0) is 31.3 Å². The van der Waals surface area contributed by atoms with E-state index in [1.807, 2.05) is 35.2 Å². The molecular weight excluding hydrogens is 394 g/mol. The van der Waals surface area contributed by atoms with Crippen molar-refractivity contribution in [1.82, 2.24) is 15.1 Å². The first-order valence-electron chi connectivity index (χ1n) is 8.92. The number of amides is 2. The number of thiocarbonyl (C=S) groups is 1. The molecule has 6 nitrogen and oxygen atoms in total. The Hall–Kier alpha value is -2.42. The van der Waals surface area contributed by atoms with Crippen LogP contribution in [-0.4, -0.2) is 59.2 Å². The molecular formula is C20H19N3O3S2.